The van der Waals surface area contributed by atoms with Crippen LogP contribution in [0.4, 0.5) is 0 Å². The van der Waals surface area contributed by atoms with Crippen LogP contribution in [0.3, 0.4) is 0 Å². The molecule has 2 rings (SSSR count). The van der Waals surface area contributed by atoms with E-state index in [1.807, 2.05) is 20.8 Å². The van der Waals surface area contributed by atoms with Crippen molar-refractivity contribution in [3.63, 3.8) is 0 Å². The lowest BCUT2D eigenvalue weighted by atomic mass is 9.86. The van der Waals surface area contributed by atoms with Crippen LogP contribution in [0.25, 0.3) is 0 Å². The van der Waals surface area contributed by atoms with Gasteiger partial charge >= 0.3 is 0 Å². The van der Waals surface area contributed by atoms with Crippen molar-refractivity contribution < 1.29 is 19.3 Å². The second-order valence-electron chi connectivity index (χ2n) is 5.08. The summed E-state index contributed by atoms with van der Waals surface area (Å²) in [5, 5.41) is 10.3. The second kappa shape index (κ2) is 3.81. The minimum atomic E-state index is -1.17. The normalized spacial score (nSPS) is 46.4. The smallest absolute Gasteiger partial charge is 0.174 e. The summed E-state index contributed by atoms with van der Waals surface area (Å²) in [4.78, 5) is 0. The molecule has 2 fully saturated rings. The molecule has 0 aromatic rings. The molecule has 0 aromatic heterocycles. The fraction of sp³-hybridized carbons (Fsp3) is 0.833. The third-order valence-electron chi connectivity index (χ3n) is 3.36. The lowest BCUT2D eigenvalue weighted by Gasteiger charge is -2.42. The Morgan fingerprint density at radius 1 is 1.44 bits per heavy atom. The van der Waals surface area contributed by atoms with Gasteiger partial charge in [0.2, 0.25) is 0 Å². The molecule has 2 aliphatic heterocycles. The Balaban J connectivity index is 2.15. The highest BCUT2D eigenvalue weighted by molar-refractivity contribution is 4.97. The maximum Gasteiger partial charge on any atom is 0.174 e. The number of hydrogen-bond donors (Lipinski definition) is 1. The molecule has 16 heavy (non-hydrogen) atoms. The molecule has 0 bridgehead atoms. The summed E-state index contributed by atoms with van der Waals surface area (Å²) in [6.07, 6.45) is 1.86. The lowest BCUT2D eigenvalue weighted by Crippen LogP contribution is -2.54. The van der Waals surface area contributed by atoms with E-state index < -0.39 is 11.6 Å². The largest absolute Gasteiger partial charge is 0.365 e. The van der Waals surface area contributed by atoms with Crippen LogP contribution in [0.1, 0.15) is 27.2 Å². The van der Waals surface area contributed by atoms with Crippen LogP contribution < -0.4 is 0 Å². The van der Waals surface area contributed by atoms with Gasteiger partial charge in [-0.3, -0.25) is 0 Å². The molecule has 0 spiro atoms. The van der Waals surface area contributed by atoms with Crippen molar-refractivity contribution >= 4 is 0 Å². The average Bonchev–Trinajstić information content (AvgIpc) is 2.49. The van der Waals surface area contributed by atoms with E-state index in [0.29, 0.717) is 13.0 Å². The van der Waals surface area contributed by atoms with Gasteiger partial charge in [0.25, 0.3) is 0 Å². The predicted molar refractivity (Wildman–Crippen MR) is 58.7 cm³/mol. The summed E-state index contributed by atoms with van der Waals surface area (Å²) >= 11 is 0. The van der Waals surface area contributed by atoms with E-state index in [0.717, 1.165) is 0 Å². The quantitative estimate of drug-likeness (QED) is 0.726. The van der Waals surface area contributed by atoms with E-state index in [-0.39, 0.29) is 18.1 Å². The molecule has 0 aliphatic carbocycles. The predicted octanol–water partition coefficient (Wildman–Crippen LogP) is 1.44. The van der Waals surface area contributed by atoms with E-state index in [1.165, 1.54) is 0 Å². The van der Waals surface area contributed by atoms with Crippen LogP contribution in [0.2, 0.25) is 0 Å². The average molecular weight is 228 g/mol. The lowest BCUT2D eigenvalue weighted by molar-refractivity contribution is -0.281. The van der Waals surface area contributed by atoms with Crippen molar-refractivity contribution in [3.8, 4) is 0 Å². The molecule has 4 atom stereocenters. The number of ether oxygens (including phenoxy) is 3. The highest BCUT2D eigenvalue weighted by atomic mass is 16.8. The molecule has 0 saturated carbocycles. The second-order valence-corrected chi connectivity index (χ2v) is 5.08. The molecule has 4 heteroatoms. The first kappa shape index (κ1) is 12.0. The summed E-state index contributed by atoms with van der Waals surface area (Å²) in [7, 11) is 0. The van der Waals surface area contributed by atoms with Gasteiger partial charge in [-0.1, -0.05) is 13.0 Å². The van der Waals surface area contributed by atoms with Crippen LogP contribution in [-0.4, -0.2) is 35.5 Å². The number of fused-ring (bicyclic) bond motifs is 1. The van der Waals surface area contributed by atoms with Crippen molar-refractivity contribution in [2.24, 2.45) is 5.92 Å². The Morgan fingerprint density at radius 2 is 2.12 bits per heavy atom. The molecule has 1 N–H and O–H groups in total. The first-order valence-corrected chi connectivity index (χ1v) is 5.71. The highest BCUT2D eigenvalue weighted by Gasteiger charge is 2.54. The summed E-state index contributed by atoms with van der Waals surface area (Å²) < 4.78 is 17.0. The van der Waals surface area contributed by atoms with Gasteiger partial charge in [-0.15, -0.1) is 6.58 Å². The summed E-state index contributed by atoms with van der Waals surface area (Å²) in [6.45, 7) is 9.68. The summed E-state index contributed by atoms with van der Waals surface area (Å²) in [5.41, 5.74) is 0. The number of hydrogen-bond acceptors (Lipinski definition) is 4. The minimum Gasteiger partial charge on any atom is -0.365 e. The van der Waals surface area contributed by atoms with Crippen LogP contribution >= 0.6 is 0 Å². The Morgan fingerprint density at radius 3 is 2.75 bits per heavy atom. The maximum atomic E-state index is 10.3. The molecule has 2 saturated heterocycles. The van der Waals surface area contributed by atoms with Gasteiger partial charge in [0, 0.05) is 12.3 Å². The van der Waals surface area contributed by atoms with Crippen molar-refractivity contribution in [3.05, 3.63) is 12.7 Å². The van der Waals surface area contributed by atoms with Crippen molar-refractivity contribution in [2.75, 3.05) is 6.61 Å². The first-order chi connectivity index (χ1) is 7.38. The van der Waals surface area contributed by atoms with E-state index in [2.05, 4.69) is 6.58 Å². The first-order valence-electron chi connectivity index (χ1n) is 5.71. The summed E-state index contributed by atoms with van der Waals surface area (Å²) in [6, 6.07) is 0. The summed E-state index contributed by atoms with van der Waals surface area (Å²) in [5.74, 6) is -1.90. The zero-order valence-corrected chi connectivity index (χ0v) is 10.1. The molecule has 0 amide bonds. The van der Waals surface area contributed by atoms with Crippen molar-refractivity contribution in [2.45, 2.75) is 51.0 Å². The Hall–Kier alpha value is -0.420. The zero-order valence-electron chi connectivity index (χ0n) is 10.1. The van der Waals surface area contributed by atoms with Crippen LogP contribution in [0.15, 0.2) is 12.7 Å². The van der Waals surface area contributed by atoms with Crippen molar-refractivity contribution in [1.29, 1.82) is 0 Å². The molecular weight excluding hydrogens is 208 g/mol. The molecular formula is C12H20O4. The van der Waals surface area contributed by atoms with Gasteiger partial charge in [0.05, 0.1) is 12.7 Å². The molecule has 1 unspecified atom stereocenters. The van der Waals surface area contributed by atoms with Gasteiger partial charge in [-0.2, -0.15) is 0 Å². The molecule has 0 aromatic carbocycles. The van der Waals surface area contributed by atoms with E-state index in [9.17, 15) is 5.11 Å². The molecule has 2 heterocycles. The van der Waals surface area contributed by atoms with E-state index in [4.69, 9.17) is 14.2 Å². The Kier molecular flexibility index (Phi) is 2.87. The Labute approximate surface area is 96.2 Å². The monoisotopic (exact) mass is 228 g/mol. The van der Waals surface area contributed by atoms with Crippen LogP contribution in [0.5, 0.6) is 0 Å². The number of rotatable bonds is 2. The fourth-order valence-corrected chi connectivity index (χ4v) is 2.48. The SMILES string of the molecule is C=CCC1(O)OC[C@@H]2OC(C)(C)O[C@@H]2[C@H]1C. The van der Waals surface area contributed by atoms with Gasteiger partial charge in [0.1, 0.15) is 6.10 Å². The minimum absolute atomic E-state index is 0.0879. The standard InChI is InChI=1S/C12H20O4/c1-5-6-12(13)8(2)10-9(7-14-12)15-11(3,4)16-10/h5,8-10,13H,1,6-7H2,2-4H3/t8-,9+,10-,12?/m1/s1. The molecule has 92 valence electrons. The highest BCUT2D eigenvalue weighted by Crippen LogP contribution is 2.41. The molecule has 2 aliphatic rings. The van der Waals surface area contributed by atoms with Gasteiger partial charge in [-0.05, 0) is 13.8 Å². The van der Waals surface area contributed by atoms with Crippen LogP contribution in [-0.2, 0) is 14.2 Å². The van der Waals surface area contributed by atoms with Crippen molar-refractivity contribution in [1.82, 2.24) is 0 Å². The Bertz CT molecular complexity index is 289. The topological polar surface area (TPSA) is 47.9 Å². The zero-order chi connectivity index (χ0) is 12.0. The van der Waals surface area contributed by atoms with E-state index in [1.54, 1.807) is 6.08 Å². The van der Waals surface area contributed by atoms with E-state index >= 15 is 0 Å². The molecule has 4 nitrogen and oxygen atoms in total. The van der Waals surface area contributed by atoms with Gasteiger partial charge in [-0.25, -0.2) is 0 Å². The molecule has 0 radical (unpaired) electrons. The third-order valence-corrected chi connectivity index (χ3v) is 3.36. The number of aliphatic hydroxyl groups is 1. The van der Waals surface area contributed by atoms with Gasteiger partial charge in [0.15, 0.2) is 11.6 Å². The van der Waals surface area contributed by atoms with Crippen LogP contribution in [0, 0.1) is 5.92 Å². The third kappa shape index (κ3) is 1.91. The fourth-order valence-electron chi connectivity index (χ4n) is 2.48. The van der Waals surface area contributed by atoms with Gasteiger partial charge < -0.3 is 19.3 Å². The maximum absolute atomic E-state index is 10.3.